The second-order valence-electron chi connectivity index (χ2n) is 8.83. The number of aromatic hydroxyl groups is 2. The molecule has 4 nitrogen and oxygen atoms in total. The number of hydrogen-bond acceptors (Lipinski definition) is 4. The molecule has 200 valence electrons. The molecule has 0 aliphatic heterocycles. The van der Waals surface area contributed by atoms with E-state index in [9.17, 15) is 10.2 Å². The van der Waals surface area contributed by atoms with Gasteiger partial charge >= 0.3 is 34.7 Å². The molecule has 0 saturated carbocycles. The second kappa shape index (κ2) is 20.4. The molecule has 0 aliphatic rings. The molecule has 0 unspecified atom stereocenters. The molecule has 0 saturated heterocycles. The Morgan fingerprint density at radius 3 is 1.05 bits per heavy atom. The summed E-state index contributed by atoms with van der Waals surface area (Å²) in [6, 6.07) is 31.7. The number of rotatable bonds is 6. The van der Waals surface area contributed by atoms with E-state index >= 15 is 0 Å². The van der Waals surface area contributed by atoms with Crippen molar-refractivity contribution in [3.63, 3.8) is 0 Å². The summed E-state index contributed by atoms with van der Waals surface area (Å²) in [5.74, 6) is 0.764. The molecule has 0 aromatic heterocycles. The average Bonchev–Trinajstić information content (AvgIpc) is 2.83. The Balaban J connectivity index is -0.000000589. The first-order valence-corrected chi connectivity index (χ1v) is 11.4. The van der Waals surface area contributed by atoms with Crippen molar-refractivity contribution in [2.45, 2.75) is 13.1 Å². The fourth-order valence-electron chi connectivity index (χ4n) is 3.82. The summed E-state index contributed by atoms with van der Waals surface area (Å²) in [5.41, 5.74) is 5.79. The van der Waals surface area contributed by atoms with Gasteiger partial charge in [0.1, 0.15) is 11.5 Å². The molecule has 0 heterocycles. The third-order valence-corrected chi connectivity index (χ3v) is 5.38. The zero-order valence-corrected chi connectivity index (χ0v) is 26.9. The normalized spacial score (nSPS) is 9.38. The first kappa shape index (κ1) is 41.0. The van der Waals surface area contributed by atoms with Crippen molar-refractivity contribution >= 4 is 34.7 Å². The average molecular weight is 554 g/mol. The molecule has 4 rings (SSSR count). The SMILES string of the molecule is CN(C)Cc1cccc(-c2ccccc2)c1O.CN(C)Cc1cccc(-c2ccccc2)c1O.[Al+3].[Al+3].[CH3-].[CH3-].[CH3-]. The Morgan fingerprint density at radius 1 is 0.462 bits per heavy atom. The van der Waals surface area contributed by atoms with Crippen LogP contribution in [0.5, 0.6) is 11.5 Å². The van der Waals surface area contributed by atoms with Crippen LogP contribution in [-0.2, 0) is 13.1 Å². The molecule has 6 heteroatoms. The molecule has 4 aromatic rings. The molecular weight excluding hydrogens is 510 g/mol. The Bertz CT molecular complexity index is 1090. The van der Waals surface area contributed by atoms with Crippen LogP contribution in [0.1, 0.15) is 11.1 Å². The molecule has 0 atom stereocenters. The standard InChI is InChI=1S/2C15H17NO.3CH3.2Al/c2*1-16(2)11-13-9-6-10-14(15(13)17)12-7-4-3-5-8-12;;;;;/h2*3-10,17H,11H2,1-2H3;3*1H3;;/q;;3*-1;2*+3. The van der Waals surface area contributed by atoms with Gasteiger partial charge in [-0.15, -0.1) is 0 Å². The van der Waals surface area contributed by atoms with Gasteiger partial charge in [-0.2, -0.15) is 0 Å². The van der Waals surface area contributed by atoms with Crippen LogP contribution in [0.3, 0.4) is 0 Å². The van der Waals surface area contributed by atoms with Gasteiger partial charge in [0.15, 0.2) is 0 Å². The Morgan fingerprint density at radius 2 is 0.769 bits per heavy atom. The second-order valence-corrected chi connectivity index (χ2v) is 8.83. The molecule has 0 radical (unpaired) electrons. The van der Waals surface area contributed by atoms with E-state index in [-0.39, 0.29) is 57.0 Å². The number of phenolic OH excluding ortho intramolecular Hbond substituents is 2. The molecular formula is C33H43Al2N2O2+3. The molecule has 39 heavy (non-hydrogen) atoms. The Labute approximate surface area is 259 Å². The number of para-hydroxylation sites is 2. The zero-order chi connectivity index (χ0) is 24.5. The van der Waals surface area contributed by atoms with Crippen molar-refractivity contribution in [2.75, 3.05) is 28.2 Å². The van der Waals surface area contributed by atoms with Crippen LogP contribution in [0.2, 0.25) is 0 Å². The fraction of sp³-hybridized carbons (Fsp3) is 0.182. The maximum Gasteiger partial charge on any atom is 3.00 e. The van der Waals surface area contributed by atoms with E-state index in [1.165, 1.54) is 0 Å². The summed E-state index contributed by atoms with van der Waals surface area (Å²) in [6.45, 7) is 1.49. The molecule has 0 fully saturated rings. The predicted octanol–water partition coefficient (Wildman–Crippen LogP) is 6.83. The molecule has 0 aliphatic carbocycles. The van der Waals surface area contributed by atoms with E-state index in [1.54, 1.807) is 0 Å². The molecule has 0 bridgehead atoms. The van der Waals surface area contributed by atoms with E-state index in [0.29, 0.717) is 11.5 Å². The van der Waals surface area contributed by atoms with E-state index in [1.807, 2.05) is 135 Å². The van der Waals surface area contributed by atoms with Gasteiger partial charge in [-0.25, -0.2) is 0 Å². The van der Waals surface area contributed by atoms with Gasteiger partial charge in [0.05, 0.1) is 0 Å². The first-order chi connectivity index (χ1) is 16.4. The topological polar surface area (TPSA) is 46.9 Å². The minimum absolute atomic E-state index is 0. The summed E-state index contributed by atoms with van der Waals surface area (Å²) < 4.78 is 0. The predicted molar refractivity (Wildman–Crippen MR) is 173 cm³/mol. The summed E-state index contributed by atoms with van der Waals surface area (Å²) in [4.78, 5) is 4.09. The summed E-state index contributed by atoms with van der Waals surface area (Å²) in [5, 5.41) is 20.5. The number of benzene rings is 4. The van der Waals surface area contributed by atoms with Crippen molar-refractivity contribution in [1.82, 2.24) is 9.80 Å². The van der Waals surface area contributed by atoms with Gasteiger partial charge in [0, 0.05) is 35.3 Å². The summed E-state index contributed by atoms with van der Waals surface area (Å²) in [6.07, 6.45) is 0. The Hall–Kier alpha value is -2.54. The van der Waals surface area contributed by atoms with Crippen molar-refractivity contribution in [2.24, 2.45) is 0 Å². The monoisotopic (exact) mass is 553 g/mol. The third kappa shape index (κ3) is 12.0. The maximum absolute atomic E-state index is 10.3. The third-order valence-electron chi connectivity index (χ3n) is 5.38. The maximum atomic E-state index is 10.3. The fourth-order valence-corrected chi connectivity index (χ4v) is 3.82. The van der Waals surface area contributed by atoms with Crippen LogP contribution in [-0.4, -0.2) is 82.9 Å². The van der Waals surface area contributed by atoms with E-state index < -0.39 is 0 Å². The smallest absolute Gasteiger partial charge is 0.507 e. The number of phenols is 2. The van der Waals surface area contributed by atoms with Crippen molar-refractivity contribution in [1.29, 1.82) is 0 Å². The zero-order valence-electron chi connectivity index (χ0n) is 24.6. The van der Waals surface area contributed by atoms with Crippen LogP contribution in [0, 0.1) is 22.3 Å². The summed E-state index contributed by atoms with van der Waals surface area (Å²) >= 11 is 0. The van der Waals surface area contributed by atoms with Gasteiger partial charge in [-0.3, -0.25) is 0 Å². The van der Waals surface area contributed by atoms with E-state index in [0.717, 1.165) is 46.5 Å². The Kier molecular flexibility index (Phi) is 21.4. The van der Waals surface area contributed by atoms with Crippen molar-refractivity contribution in [3.8, 4) is 33.8 Å². The summed E-state index contributed by atoms with van der Waals surface area (Å²) in [7, 11) is 7.98. The van der Waals surface area contributed by atoms with E-state index in [4.69, 9.17) is 0 Å². The molecule has 2 N–H and O–H groups in total. The van der Waals surface area contributed by atoms with Gasteiger partial charge < -0.3 is 42.3 Å². The molecule has 0 spiro atoms. The van der Waals surface area contributed by atoms with Crippen LogP contribution in [0.4, 0.5) is 0 Å². The van der Waals surface area contributed by atoms with Crippen molar-refractivity contribution in [3.05, 3.63) is 130 Å². The van der Waals surface area contributed by atoms with Crippen LogP contribution in [0.15, 0.2) is 97.1 Å². The van der Waals surface area contributed by atoms with Crippen molar-refractivity contribution < 1.29 is 10.2 Å². The van der Waals surface area contributed by atoms with Gasteiger partial charge in [-0.1, -0.05) is 97.1 Å². The quantitative estimate of drug-likeness (QED) is 0.203. The largest absolute Gasteiger partial charge is 3.00 e. The van der Waals surface area contributed by atoms with Gasteiger partial charge in [-0.05, 0) is 39.3 Å². The van der Waals surface area contributed by atoms with Crippen LogP contribution < -0.4 is 0 Å². The molecule has 0 amide bonds. The van der Waals surface area contributed by atoms with E-state index in [2.05, 4.69) is 0 Å². The number of hydrogen-bond donors (Lipinski definition) is 2. The number of nitrogens with zero attached hydrogens (tertiary/aromatic N) is 2. The molecule has 4 aromatic carbocycles. The van der Waals surface area contributed by atoms with Gasteiger partial charge in [0.25, 0.3) is 0 Å². The van der Waals surface area contributed by atoms with Crippen LogP contribution >= 0.6 is 0 Å². The minimum Gasteiger partial charge on any atom is -0.507 e. The first-order valence-electron chi connectivity index (χ1n) is 11.4. The van der Waals surface area contributed by atoms with Gasteiger partial charge in [0.2, 0.25) is 0 Å². The minimum atomic E-state index is 0. The van der Waals surface area contributed by atoms with Crippen LogP contribution in [0.25, 0.3) is 22.3 Å².